The second-order valence-corrected chi connectivity index (χ2v) is 7.88. The van der Waals surface area contributed by atoms with E-state index in [1.165, 1.54) is 0 Å². The number of carboxylic acid groups (broad SMARTS) is 4. The molecule has 240 valence electrons. The zero-order valence-corrected chi connectivity index (χ0v) is 22.8. The number of nitrogens with one attached hydrogen (secondary N) is 6. The summed E-state index contributed by atoms with van der Waals surface area (Å²) in [5.74, 6) is -4.31. The molecule has 0 rings (SSSR count). The Balaban J connectivity index is -0.000000231. The Kier molecular flexibility index (Phi) is 30.3. The molecule has 0 aliphatic carbocycles. The molecular formula is C20H47N13O8. The molecule has 0 saturated carbocycles. The van der Waals surface area contributed by atoms with Gasteiger partial charge in [0, 0.05) is 19.6 Å². The molecular weight excluding hydrogens is 550 g/mol. The maximum absolute atomic E-state index is 10.2. The number of nitrogens with two attached hydrogens (primary N) is 7. The van der Waals surface area contributed by atoms with Gasteiger partial charge in [0.2, 0.25) is 0 Å². The van der Waals surface area contributed by atoms with Crippen LogP contribution in [0.15, 0.2) is 0 Å². The van der Waals surface area contributed by atoms with Gasteiger partial charge in [-0.3, -0.25) is 35.4 Å². The van der Waals surface area contributed by atoms with Crippen LogP contribution >= 0.6 is 0 Å². The Hall–Kier alpha value is -4.47. The van der Waals surface area contributed by atoms with Gasteiger partial charge in [-0.05, 0) is 38.5 Å². The van der Waals surface area contributed by atoms with Crippen molar-refractivity contribution in [1.29, 1.82) is 16.2 Å². The lowest BCUT2D eigenvalue weighted by atomic mass is 10.2. The molecule has 0 aliphatic rings. The van der Waals surface area contributed by atoms with Crippen LogP contribution in [0.4, 0.5) is 0 Å². The van der Waals surface area contributed by atoms with Crippen LogP contribution in [-0.4, -0.2) is 106 Å². The fourth-order valence-corrected chi connectivity index (χ4v) is 2.01. The summed E-state index contributed by atoms with van der Waals surface area (Å²) in [6, 6.07) is -2.46. The highest BCUT2D eigenvalue weighted by atomic mass is 16.4. The molecule has 0 radical (unpaired) electrons. The van der Waals surface area contributed by atoms with Gasteiger partial charge in [-0.2, -0.15) is 0 Å². The lowest BCUT2D eigenvalue weighted by Crippen LogP contribution is -2.34. The first-order valence-electron chi connectivity index (χ1n) is 12.0. The summed E-state index contributed by atoms with van der Waals surface area (Å²) in [6.45, 7) is 1.17. The summed E-state index contributed by atoms with van der Waals surface area (Å²) in [4.78, 5) is 39.9. The first-order valence-corrected chi connectivity index (χ1v) is 12.0. The Morgan fingerprint density at radius 2 is 0.756 bits per heavy atom. The second kappa shape index (κ2) is 28.5. The van der Waals surface area contributed by atoms with E-state index < -0.39 is 42.0 Å². The monoisotopic (exact) mass is 597 g/mol. The molecule has 0 heterocycles. The first kappa shape index (κ1) is 43.6. The van der Waals surface area contributed by atoms with E-state index >= 15 is 0 Å². The van der Waals surface area contributed by atoms with Crippen LogP contribution in [0.25, 0.3) is 0 Å². The highest BCUT2D eigenvalue weighted by molar-refractivity contribution is 5.75. The third-order valence-electron chi connectivity index (χ3n) is 4.15. The van der Waals surface area contributed by atoms with Gasteiger partial charge < -0.3 is 76.5 Å². The van der Waals surface area contributed by atoms with Gasteiger partial charge in [0.05, 0.1) is 6.54 Å². The quantitative estimate of drug-likeness (QED) is 0.0449. The highest BCUT2D eigenvalue weighted by Crippen LogP contribution is 1.94. The fourth-order valence-electron chi connectivity index (χ4n) is 2.01. The molecule has 0 aromatic heterocycles. The molecule has 0 saturated heterocycles. The van der Waals surface area contributed by atoms with Crippen molar-refractivity contribution in [3.8, 4) is 0 Å². The van der Waals surface area contributed by atoms with Gasteiger partial charge in [-0.15, -0.1) is 0 Å². The summed E-state index contributed by atoms with van der Waals surface area (Å²) in [5, 5.41) is 60.7. The summed E-state index contributed by atoms with van der Waals surface area (Å²) >= 11 is 0. The van der Waals surface area contributed by atoms with Crippen molar-refractivity contribution < 1.29 is 39.6 Å². The summed E-state index contributed by atoms with van der Waals surface area (Å²) in [6.07, 6.45) is 2.92. The third kappa shape index (κ3) is 42.9. The number of carbonyl (C=O) groups is 4. The molecule has 3 unspecified atom stereocenters. The number of hydrogen-bond donors (Lipinski definition) is 17. The number of aliphatic carboxylic acids is 4. The number of rotatable bonds is 16. The van der Waals surface area contributed by atoms with Crippen molar-refractivity contribution in [2.45, 2.75) is 56.7 Å². The molecule has 0 fully saturated rings. The minimum atomic E-state index is -1.00. The van der Waals surface area contributed by atoms with Gasteiger partial charge in [-0.25, -0.2) is 0 Å². The van der Waals surface area contributed by atoms with Crippen LogP contribution in [0.5, 0.6) is 0 Å². The summed E-state index contributed by atoms with van der Waals surface area (Å²) < 4.78 is 0. The fraction of sp³-hybridized carbons (Fsp3) is 0.650. The Bertz CT molecular complexity index is 711. The van der Waals surface area contributed by atoms with E-state index in [1.54, 1.807) is 0 Å². The predicted molar refractivity (Wildman–Crippen MR) is 151 cm³/mol. The lowest BCUT2D eigenvalue weighted by molar-refractivity contribution is -0.139. The molecule has 0 aromatic rings. The van der Waals surface area contributed by atoms with Crippen LogP contribution in [0.3, 0.4) is 0 Å². The van der Waals surface area contributed by atoms with Gasteiger partial charge >= 0.3 is 23.9 Å². The Labute approximate surface area is 237 Å². The third-order valence-corrected chi connectivity index (χ3v) is 4.15. The zero-order chi connectivity index (χ0) is 33.0. The van der Waals surface area contributed by atoms with Crippen LogP contribution in [0.2, 0.25) is 0 Å². The van der Waals surface area contributed by atoms with Crippen molar-refractivity contribution in [2.75, 3.05) is 26.2 Å². The molecule has 24 N–H and O–H groups in total. The van der Waals surface area contributed by atoms with Crippen molar-refractivity contribution in [3.63, 3.8) is 0 Å². The number of carboxylic acids is 4. The maximum Gasteiger partial charge on any atom is 0.320 e. The van der Waals surface area contributed by atoms with Gasteiger partial charge in [0.1, 0.15) is 18.1 Å². The SMILES string of the molecule is N=C(N)NCCCC(N)C(=O)O.N=C(N)NCCCC(N)C(=O)O.N=C(N)NCCCC(N)C(=O)O.NCC(=O)O. The van der Waals surface area contributed by atoms with Crippen molar-refractivity contribution in [2.24, 2.45) is 40.1 Å². The second-order valence-electron chi connectivity index (χ2n) is 7.88. The van der Waals surface area contributed by atoms with E-state index in [0.29, 0.717) is 58.2 Å². The molecule has 0 aromatic carbocycles. The predicted octanol–water partition coefficient (Wildman–Crippen LogP) is -4.99. The van der Waals surface area contributed by atoms with Crippen LogP contribution in [-0.2, 0) is 19.2 Å². The lowest BCUT2D eigenvalue weighted by Gasteiger charge is -2.06. The standard InChI is InChI=1S/3C6H14N4O2.C2H5NO2/c3*7-4(5(11)12)2-1-3-10-6(8)9;3-1-2(4)5/h3*4H,1-3,7H2,(H,11,12)(H4,8,9,10);1,3H2,(H,4,5). The molecule has 41 heavy (non-hydrogen) atoms. The largest absolute Gasteiger partial charge is 0.480 e. The minimum absolute atomic E-state index is 0.112. The average molecular weight is 598 g/mol. The van der Waals surface area contributed by atoms with E-state index in [4.69, 9.17) is 71.1 Å². The normalized spacial score (nSPS) is 11.5. The Morgan fingerprint density at radius 3 is 0.878 bits per heavy atom. The molecule has 0 bridgehead atoms. The maximum atomic E-state index is 10.2. The molecule has 21 nitrogen and oxygen atoms in total. The molecule has 0 spiro atoms. The highest BCUT2D eigenvalue weighted by Gasteiger charge is 2.11. The summed E-state index contributed by atoms with van der Waals surface area (Å²) in [5.41, 5.74) is 35.2. The van der Waals surface area contributed by atoms with E-state index in [2.05, 4.69) is 21.7 Å². The van der Waals surface area contributed by atoms with E-state index in [-0.39, 0.29) is 24.4 Å². The zero-order valence-electron chi connectivity index (χ0n) is 22.8. The van der Waals surface area contributed by atoms with Gasteiger partial charge in [0.15, 0.2) is 17.9 Å². The van der Waals surface area contributed by atoms with Crippen molar-refractivity contribution >= 4 is 41.8 Å². The van der Waals surface area contributed by atoms with Gasteiger partial charge in [-0.1, -0.05) is 0 Å². The van der Waals surface area contributed by atoms with Crippen LogP contribution in [0.1, 0.15) is 38.5 Å². The van der Waals surface area contributed by atoms with E-state index in [9.17, 15) is 19.2 Å². The first-order chi connectivity index (χ1) is 18.9. The van der Waals surface area contributed by atoms with Crippen LogP contribution in [0, 0.1) is 16.2 Å². The average Bonchev–Trinajstić information content (AvgIpc) is 2.87. The van der Waals surface area contributed by atoms with Gasteiger partial charge in [0.25, 0.3) is 0 Å². The van der Waals surface area contributed by atoms with E-state index in [1.807, 2.05) is 0 Å². The van der Waals surface area contributed by atoms with Crippen molar-refractivity contribution in [3.05, 3.63) is 0 Å². The number of hydrogen-bond acceptors (Lipinski definition) is 11. The molecule has 3 atom stereocenters. The van der Waals surface area contributed by atoms with E-state index in [0.717, 1.165) is 0 Å². The smallest absolute Gasteiger partial charge is 0.320 e. The minimum Gasteiger partial charge on any atom is -0.480 e. The molecule has 21 heteroatoms. The topological polar surface area (TPSA) is 439 Å². The molecule has 0 aliphatic heterocycles. The number of guanidine groups is 3. The Morgan fingerprint density at radius 1 is 0.561 bits per heavy atom. The summed E-state index contributed by atoms with van der Waals surface area (Å²) in [7, 11) is 0. The van der Waals surface area contributed by atoms with Crippen LogP contribution < -0.4 is 56.1 Å². The van der Waals surface area contributed by atoms with Crippen molar-refractivity contribution in [1.82, 2.24) is 16.0 Å². The molecule has 0 amide bonds.